The molecule has 2 unspecified atom stereocenters. The molecule has 1 N–H and O–H groups in total. The lowest BCUT2D eigenvalue weighted by molar-refractivity contribution is 0.0697. The minimum Gasteiger partial charge on any atom is -0.493 e. The molecule has 0 bridgehead atoms. The minimum atomic E-state index is -0.959. The monoisotopic (exact) mass is 270 g/mol. The lowest BCUT2D eigenvalue weighted by Crippen LogP contribution is -2.17. The highest BCUT2D eigenvalue weighted by Crippen LogP contribution is 2.12. The van der Waals surface area contributed by atoms with Crippen molar-refractivity contribution in [3.63, 3.8) is 0 Å². The first-order valence-corrected chi connectivity index (χ1v) is 7.26. The van der Waals surface area contributed by atoms with Crippen LogP contribution in [0.3, 0.4) is 0 Å². The van der Waals surface area contributed by atoms with E-state index in [1.807, 2.05) is 13.8 Å². The number of hydrogen-bond donors (Lipinski definition) is 1. The van der Waals surface area contributed by atoms with Gasteiger partial charge in [-0.2, -0.15) is 0 Å². The maximum absolute atomic E-state index is 11.7. The van der Waals surface area contributed by atoms with Crippen molar-refractivity contribution in [3.8, 4) is 5.75 Å². The van der Waals surface area contributed by atoms with Gasteiger partial charge in [-0.25, -0.2) is 4.79 Å². The van der Waals surface area contributed by atoms with Crippen molar-refractivity contribution in [1.29, 1.82) is 0 Å². The molecule has 1 aromatic rings. The van der Waals surface area contributed by atoms with E-state index in [9.17, 15) is 9.00 Å². The quantitative estimate of drug-likeness (QED) is 0.825. The van der Waals surface area contributed by atoms with Crippen LogP contribution in [0.25, 0.3) is 0 Å². The second kappa shape index (κ2) is 7.16. The number of carboxylic acid groups (broad SMARTS) is 1. The molecule has 0 fully saturated rings. The summed E-state index contributed by atoms with van der Waals surface area (Å²) >= 11 is 0. The molecular weight excluding hydrogens is 252 g/mol. The zero-order chi connectivity index (χ0) is 13.5. The highest BCUT2D eigenvalue weighted by Gasteiger charge is 2.08. The smallest absolute Gasteiger partial charge is 0.335 e. The SMILES string of the molecule is CCC(C)S(=O)CCOc1ccc(C(=O)O)cc1. The Hall–Kier alpha value is -1.36. The van der Waals surface area contributed by atoms with E-state index in [0.717, 1.165) is 6.42 Å². The summed E-state index contributed by atoms with van der Waals surface area (Å²) in [7, 11) is -0.869. The molecule has 2 atom stereocenters. The Morgan fingerprint density at radius 3 is 2.50 bits per heavy atom. The van der Waals surface area contributed by atoms with E-state index >= 15 is 0 Å². The van der Waals surface area contributed by atoms with Crippen molar-refractivity contribution in [2.24, 2.45) is 0 Å². The van der Waals surface area contributed by atoms with Gasteiger partial charge in [0.1, 0.15) is 5.75 Å². The Kier molecular flexibility index (Phi) is 5.85. The lowest BCUT2D eigenvalue weighted by Gasteiger charge is -2.10. The Bertz CT molecular complexity index is 414. The molecule has 1 rings (SSSR count). The number of benzene rings is 1. The van der Waals surface area contributed by atoms with E-state index in [1.165, 1.54) is 12.1 Å². The van der Waals surface area contributed by atoms with E-state index in [4.69, 9.17) is 9.84 Å². The molecule has 0 aliphatic heterocycles. The molecule has 18 heavy (non-hydrogen) atoms. The second-order valence-electron chi connectivity index (χ2n) is 3.98. The minimum absolute atomic E-state index is 0.183. The molecular formula is C13H18O4S. The van der Waals surface area contributed by atoms with Gasteiger partial charge in [0, 0.05) is 16.0 Å². The van der Waals surface area contributed by atoms with Gasteiger partial charge in [0.15, 0.2) is 0 Å². The molecule has 0 aliphatic carbocycles. The molecule has 5 heteroatoms. The van der Waals surface area contributed by atoms with Crippen molar-refractivity contribution in [2.75, 3.05) is 12.4 Å². The summed E-state index contributed by atoms with van der Waals surface area (Å²) < 4.78 is 17.1. The van der Waals surface area contributed by atoms with Gasteiger partial charge in [-0.05, 0) is 30.7 Å². The second-order valence-corrected chi connectivity index (χ2v) is 5.96. The molecule has 0 heterocycles. The Morgan fingerprint density at radius 2 is 2.00 bits per heavy atom. The van der Waals surface area contributed by atoms with Gasteiger partial charge < -0.3 is 9.84 Å². The molecule has 1 aromatic carbocycles. The summed E-state index contributed by atoms with van der Waals surface area (Å²) in [5.41, 5.74) is 0.227. The van der Waals surface area contributed by atoms with Crippen molar-refractivity contribution in [2.45, 2.75) is 25.5 Å². The fourth-order valence-electron chi connectivity index (χ4n) is 1.32. The van der Waals surface area contributed by atoms with Crippen molar-refractivity contribution in [1.82, 2.24) is 0 Å². The van der Waals surface area contributed by atoms with Gasteiger partial charge >= 0.3 is 5.97 Å². The molecule has 0 saturated heterocycles. The summed E-state index contributed by atoms with van der Waals surface area (Å²) in [5, 5.41) is 8.92. The summed E-state index contributed by atoms with van der Waals surface area (Å²) in [6.45, 7) is 4.34. The first-order chi connectivity index (χ1) is 8.54. The van der Waals surface area contributed by atoms with Crippen LogP contribution >= 0.6 is 0 Å². The average Bonchev–Trinajstić information content (AvgIpc) is 2.38. The summed E-state index contributed by atoms with van der Waals surface area (Å²) in [5.74, 6) is 0.135. The van der Waals surface area contributed by atoms with Gasteiger partial charge in [0.2, 0.25) is 0 Å². The van der Waals surface area contributed by atoms with Crippen LogP contribution in [-0.2, 0) is 10.8 Å². The average molecular weight is 270 g/mol. The van der Waals surface area contributed by atoms with Crippen molar-refractivity contribution < 1.29 is 18.8 Å². The van der Waals surface area contributed by atoms with Crippen LogP contribution in [0.15, 0.2) is 24.3 Å². The highest BCUT2D eigenvalue weighted by atomic mass is 32.2. The maximum atomic E-state index is 11.7. The molecule has 0 saturated carbocycles. The highest BCUT2D eigenvalue weighted by molar-refractivity contribution is 7.85. The van der Waals surface area contributed by atoms with E-state index in [-0.39, 0.29) is 10.8 Å². The summed E-state index contributed by atoms with van der Waals surface area (Å²) in [4.78, 5) is 10.6. The molecule has 0 spiro atoms. The standard InChI is InChI=1S/C13H18O4S/c1-3-10(2)18(16)9-8-17-12-6-4-11(5-7-12)13(14)15/h4-7,10H,3,8-9H2,1-2H3,(H,14,15). The van der Waals surface area contributed by atoms with Crippen LogP contribution in [0, 0.1) is 0 Å². The molecule has 0 aliphatic rings. The van der Waals surface area contributed by atoms with Gasteiger partial charge in [-0.3, -0.25) is 4.21 Å². The third-order valence-electron chi connectivity index (χ3n) is 2.68. The molecule has 0 radical (unpaired) electrons. The van der Waals surface area contributed by atoms with E-state index in [2.05, 4.69) is 0 Å². The molecule has 0 amide bonds. The van der Waals surface area contributed by atoms with E-state index in [1.54, 1.807) is 12.1 Å². The van der Waals surface area contributed by atoms with Crippen molar-refractivity contribution in [3.05, 3.63) is 29.8 Å². The van der Waals surface area contributed by atoms with E-state index in [0.29, 0.717) is 18.1 Å². The van der Waals surface area contributed by atoms with Gasteiger partial charge in [-0.1, -0.05) is 13.8 Å². The van der Waals surface area contributed by atoms with Crippen LogP contribution in [0.2, 0.25) is 0 Å². The number of carbonyl (C=O) groups is 1. The van der Waals surface area contributed by atoms with Gasteiger partial charge in [0.05, 0.1) is 17.9 Å². The van der Waals surface area contributed by atoms with Gasteiger partial charge in [-0.15, -0.1) is 0 Å². The Labute approximate surface area is 109 Å². The van der Waals surface area contributed by atoms with Crippen molar-refractivity contribution >= 4 is 16.8 Å². The Balaban J connectivity index is 2.40. The zero-order valence-corrected chi connectivity index (χ0v) is 11.4. The predicted molar refractivity (Wildman–Crippen MR) is 71.7 cm³/mol. The largest absolute Gasteiger partial charge is 0.493 e. The van der Waals surface area contributed by atoms with E-state index < -0.39 is 16.8 Å². The Morgan fingerprint density at radius 1 is 1.39 bits per heavy atom. The summed E-state index contributed by atoms with van der Waals surface area (Å²) in [6, 6.07) is 6.19. The molecule has 100 valence electrons. The molecule has 0 aromatic heterocycles. The fourth-order valence-corrected chi connectivity index (χ4v) is 2.34. The van der Waals surface area contributed by atoms with Crippen LogP contribution < -0.4 is 4.74 Å². The van der Waals surface area contributed by atoms with Gasteiger partial charge in [0.25, 0.3) is 0 Å². The maximum Gasteiger partial charge on any atom is 0.335 e. The normalized spacial score (nSPS) is 13.9. The third-order valence-corrected chi connectivity index (χ3v) is 4.48. The fraction of sp³-hybridized carbons (Fsp3) is 0.462. The van der Waals surface area contributed by atoms with Crippen LogP contribution in [-0.4, -0.2) is 32.9 Å². The zero-order valence-electron chi connectivity index (χ0n) is 10.6. The number of aromatic carboxylic acids is 1. The topological polar surface area (TPSA) is 63.6 Å². The third kappa shape index (κ3) is 4.49. The first kappa shape index (κ1) is 14.7. The number of ether oxygens (including phenoxy) is 1. The summed E-state index contributed by atoms with van der Waals surface area (Å²) in [6.07, 6.45) is 0.889. The van der Waals surface area contributed by atoms with Crippen LogP contribution in [0.4, 0.5) is 0 Å². The first-order valence-electron chi connectivity index (χ1n) is 5.88. The number of rotatable bonds is 7. The predicted octanol–water partition coefficient (Wildman–Crippen LogP) is 2.31. The number of carboxylic acids is 1. The lowest BCUT2D eigenvalue weighted by atomic mass is 10.2. The molecule has 4 nitrogen and oxygen atoms in total. The van der Waals surface area contributed by atoms with Crippen LogP contribution in [0.5, 0.6) is 5.75 Å². The number of hydrogen-bond acceptors (Lipinski definition) is 3. The van der Waals surface area contributed by atoms with Crippen LogP contribution in [0.1, 0.15) is 30.6 Å².